The number of aromatic nitrogens is 2. The molecule has 0 atom stereocenters. The Morgan fingerprint density at radius 3 is 2.40 bits per heavy atom. The first-order chi connectivity index (χ1) is 16.4. The van der Waals surface area contributed by atoms with Gasteiger partial charge in [-0.15, -0.1) is 0 Å². The molecule has 2 aromatic carbocycles. The van der Waals surface area contributed by atoms with Crippen LogP contribution in [0, 0.1) is 11.6 Å². The number of hydrogen-bond acceptors (Lipinski definition) is 7. The van der Waals surface area contributed by atoms with Gasteiger partial charge in [0.05, 0.1) is 5.56 Å². The summed E-state index contributed by atoms with van der Waals surface area (Å²) in [5.41, 5.74) is -1.54. The number of amides is 1. The summed E-state index contributed by atoms with van der Waals surface area (Å²) in [4.78, 5) is 16.7. The van der Waals surface area contributed by atoms with Crippen molar-refractivity contribution in [1.29, 1.82) is 0 Å². The molecule has 14 heteroatoms. The number of carbonyl (C=O) groups is 1. The van der Waals surface area contributed by atoms with Gasteiger partial charge < -0.3 is 9.64 Å². The second kappa shape index (κ2) is 9.49. The quantitative estimate of drug-likeness (QED) is 0.422. The number of carbonyl (C=O) groups excluding carboxylic acids is 1. The molecule has 1 fully saturated rings. The number of sulfone groups is 1. The fourth-order valence-corrected chi connectivity index (χ4v) is 5.68. The summed E-state index contributed by atoms with van der Waals surface area (Å²) < 4.78 is 103. The summed E-state index contributed by atoms with van der Waals surface area (Å²) in [6.45, 7) is 0.774. The van der Waals surface area contributed by atoms with Crippen LogP contribution in [0.4, 0.5) is 22.0 Å². The van der Waals surface area contributed by atoms with E-state index >= 15 is 0 Å². The molecule has 4 rings (SSSR count). The molecule has 0 radical (unpaired) electrons. The lowest BCUT2D eigenvalue weighted by molar-refractivity contribution is -0.137. The molecule has 1 amide bonds. The molecular weight excluding hydrogens is 517 g/mol. The fourth-order valence-electron chi connectivity index (χ4n) is 3.50. The van der Waals surface area contributed by atoms with Crippen molar-refractivity contribution in [3.63, 3.8) is 0 Å². The average molecular weight is 534 g/mol. The minimum absolute atomic E-state index is 0.0595. The van der Waals surface area contributed by atoms with Crippen molar-refractivity contribution in [2.75, 3.05) is 13.1 Å². The Morgan fingerprint density at radius 2 is 1.77 bits per heavy atom. The largest absolute Gasteiger partial charge is 0.454 e. The third-order valence-electron chi connectivity index (χ3n) is 5.14. The molecule has 0 aliphatic carbocycles. The number of halogens is 5. The van der Waals surface area contributed by atoms with Crippen molar-refractivity contribution in [3.8, 4) is 11.5 Å². The molecular formula is C21H16F5N3O4S2. The van der Waals surface area contributed by atoms with Gasteiger partial charge in [0, 0.05) is 24.7 Å². The molecule has 7 nitrogen and oxygen atoms in total. The molecule has 0 spiro atoms. The standard InChI is InChI=1S/C21H16F5N3O4S2/c22-15-9-18(35(31,32)10-19-27-11-28-34-19)16(23)8-17(15)33-14-6-12(5-13(7-14)21(24,25)26)20(30)29-3-1-2-4-29/h5-9,11H,1-4,10H2. The molecule has 3 aromatic rings. The highest BCUT2D eigenvalue weighted by atomic mass is 32.2. The van der Waals surface area contributed by atoms with Crippen LogP contribution in [0.5, 0.6) is 11.5 Å². The number of alkyl halides is 3. The monoisotopic (exact) mass is 533 g/mol. The SMILES string of the molecule is O=C(c1cc(Oc2cc(F)c(S(=O)(=O)Cc3ncns3)cc2F)cc(C(F)(F)F)c1)N1CCCC1. The van der Waals surface area contributed by atoms with Gasteiger partial charge in [-0.1, -0.05) is 0 Å². The Labute approximate surface area is 200 Å². The highest BCUT2D eigenvalue weighted by Crippen LogP contribution is 2.36. The van der Waals surface area contributed by atoms with Crippen LogP contribution in [0.2, 0.25) is 0 Å². The van der Waals surface area contributed by atoms with E-state index in [1.54, 1.807) is 0 Å². The van der Waals surface area contributed by atoms with E-state index in [0.717, 1.165) is 23.9 Å². The third kappa shape index (κ3) is 5.59. The van der Waals surface area contributed by atoms with Crippen molar-refractivity contribution in [1.82, 2.24) is 14.3 Å². The van der Waals surface area contributed by atoms with E-state index in [1.807, 2.05) is 0 Å². The van der Waals surface area contributed by atoms with Gasteiger partial charge in [-0.2, -0.15) is 17.5 Å². The maximum Gasteiger partial charge on any atom is 0.416 e. The van der Waals surface area contributed by atoms with Crippen molar-refractivity contribution >= 4 is 27.3 Å². The summed E-state index contributed by atoms with van der Waals surface area (Å²) in [6, 6.07) is 2.99. The Bertz CT molecular complexity index is 1360. The highest BCUT2D eigenvalue weighted by molar-refractivity contribution is 7.90. The normalized spacial score (nSPS) is 14.4. The number of nitrogens with zero attached hydrogens (tertiary/aromatic N) is 3. The molecule has 0 bridgehead atoms. The first kappa shape index (κ1) is 25.0. The summed E-state index contributed by atoms with van der Waals surface area (Å²) in [5.74, 6) is -5.48. The summed E-state index contributed by atoms with van der Waals surface area (Å²) in [7, 11) is -4.34. The molecule has 35 heavy (non-hydrogen) atoms. The minimum Gasteiger partial charge on any atom is -0.454 e. The molecule has 0 unspecified atom stereocenters. The van der Waals surface area contributed by atoms with Crippen LogP contribution in [-0.4, -0.2) is 41.7 Å². The lowest BCUT2D eigenvalue weighted by Gasteiger charge is -2.18. The van der Waals surface area contributed by atoms with Crippen molar-refractivity contribution in [2.24, 2.45) is 0 Å². The van der Waals surface area contributed by atoms with Gasteiger partial charge in [-0.25, -0.2) is 22.2 Å². The lowest BCUT2D eigenvalue weighted by atomic mass is 10.1. The van der Waals surface area contributed by atoms with Gasteiger partial charge in [-0.05, 0) is 48.6 Å². The van der Waals surface area contributed by atoms with Gasteiger partial charge >= 0.3 is 6.18 Å². The molecule has 1 aliphatic heterocycles. The van der Waals surface area contributed by atoms with Crippen LogP contribution >= 0.6 is 11.5 Å². The predicted octanol–water partition coefficient (Wildman–Crippen LogP) is 4.84. The Hall–Kier alpha value is -3.13. The van der Waals surface area contributed by atoms with Crippen LogP contribution in [0.1, 0.15) is 33.8 Å². The number of likely N-dealkylation sites (tertiary alicyclic amines) is 1. The van der Waals surface area contributed by atoms with Crippen LogP contribution < -0.4 is 4.74 Å². The number of rotatable bonds is 6. The Balaban J connectivity index is 1.67. The lowest BCUT2D eigenvalue weighted by Crippen LogP contribution is -2.27. The van der Waals surface area contributed by atoms with E-state index in [-0.39, 0.29) is 10.6 Å². The second-order valence-corrected chi connectivity index (χ2v) is 10.5. The minimum atomic E-state index is -4.84. The van der Waals surface area contributed by atoms with Crippen molar-refractivity contribution in [2.45, 2.75) is 29.7 Å². The topological polar surface area (TPSA) is 89.5 Å². The fraction of sp³-hybridized carbons (Fsp3) is 0.286. The van der Waals surface area contributed by atoms with E-state index in [0.29, 0.717) is 50.2 Å². The molecule has 2 heterocycles. The van der Waals surface area contributed by atoms with Gasteiger partial charge in [0.15, 0.2) is 21.4 Å². The van der Waals surface area contributed by atoms with E-state index in [9.17, 15) is 35.2 Å². The second-order valence-electron chi connectivity index (χ2n) is 7.65. The number of benzene rings is 2. The zero-order valence-electron chi connectivity index (χ0n) is 17.7. The maximum atomic E-state index is 14.7. The zero-order chi connectivity index (χ0) is 25.4. The van der Waals surface area contributed by atoms with E-state index in [4.69, 9.17) is 4.74 Å². The number of ether oxygens (including phenoxy) is 1. The van der Waals surface area contributed by atoms with Crippen LogP contribution in [0.3, 0.4) is 0 Å². The van der Waals surface area contributed by atoms with E-state index in [1.165, 1.54) is 4.90 Å². The predicted molar refractivity (Wildman–Crippen MR) is 114 cm³/mol. The Morgan fingerprint density at radius 1 is 1.06 bits per heavy atom. The van der Waals surface area contributed by atoms with E-state index in [2.05, 4.69) is 9.36 Å². The summed E-state index contributed by atoms with van der Waals surface area (Å²) in [5, 5.41) is 0.0595. The van der Waals surface area contributed by atoms with Gasteiger partial charge in [0.2, 0.25) is 0 Å². The van der Waals surface area contributed by atoms with Crippen LogP contribution in [-0.2, 0) is 21.8 Å². The summed E-state index contributed by atoms with van der Waals surface area (Å²) >= 11 is 0.771. The third-order valence-corrected chi connectivity index (χ3v) is 7.62. The maximum absolute atomic E-state index is 14.7. The van der Waals surface area contributed by atoms with Crippen LogP contribution in [0.25, 0.3) is 0 Å². The van der Waals surface area contributed by atoms with Crippen LogP contribution in [0.15, 0.2) is 41.6 Å². The van der Waals surface area contributed by atoms with Gasteiger partial charge in [0.25, 0.3) is 5.91 Å². The Kier molecular flexibility index (Phi) is 6.77. The molecule has 0 saturated carbocycles. The molecule has 1 saturated heterocycles. The average Bonchev–Trinajstić information content (AvgIpc) is 3.49. The highest BCUT2D eigenvalue weighted by Gasteiger charge is 2.33. The molecule has 186 valence electrons. The summed E-state index contributed by atoms with van der Waals surface area (Å²) in [6.07, 6.45) is -2.30. The van der Waals surface area contributed by atoms with Crippen molar-refractivity contribution < 1.29 is 39.9 Å². The van der Waals surface area contributed by atoms with Gasteiger partial charge in [-0.3, -0.25) is 4.79 Å². The zero-order valence-corrected chi connectivity index (χ0v) is 19.3. The van der Waals surface area contributed by atoms with Gasteiger partial charge in [0.1, 0.15) is 33.6 Å². The number of hydrogen-bond donors (Lipinski definition) is 0. The molecule has 0 N–H and O–H groups in total. The van der Waals surface area contributed by atoms with Crippen molar-refractivity contribution in [3.05, 3.63) is 64.4 Å². The first-order valence-electron chi connectivity index (χ1n) is 10.1. The smallest absolute Gasteiger partial charge is 0.416 e. The first-order valence-corrected chi connectivity index (χ1v) is 12.5. The van der Waals surface area contributed by atoms with E-state index < -0.39 is 61.3 Å². The molecule has 1 aromatic heterocycles. The molecule has 1 aliphatic rings.